The Morgan fingerprint density at radius 2 is 2.57 bits per heavy atom. The summed E-state index contributed by atoms with van der Waals surface area (Å²) in [6, 6.07) is 0. The van der Waals surface area contributed by atoms with Crippen LogP contribution in [0.1, 0.15) is 13.3 Å². The van der Waals surface area contributed by atoms with E-state index in [1.165, 1.54) is 11.3 Å². The van der Waals surface area contributed by atoms with E-state index in [0.717, 1.165) is 3.79 Å². The van der Waals surface area contributed by atoms with E-state index in [-0.39, 0.29) is 11.8 Å². The van der Waals surface area contributed by atoms with E-state index in [1.807, 2.05) is 6.92 Å². The van der Waals surface area contributed by atoms with Gasteiger partial charge >= 0.3 is 0 Å². The molecule has 1 rings (SSSR count). The van der Waals surface area contributed by atoms with Crippen molar-refractivity contribution in [2.24, 2.45) is 11.7 Å². The van der Waals surface area contributed by atoms with Gasteiger partial charge in [0, 0.05) is 6.42 Å². The van der Waals surface area contributed by atoms with Crippen LogP contribution in [-0.2, 0) is 4.79 Å². The Hall–Kier alpha value is -0.460. The Morgan fingerprint density at radius 1 is 1.86 bits per heavy atom. The number of carbonyl (C=O) groups is 1. The topological polar surface area (TPSA) is 68.0 Å². The van der Waals surface area contributed by atoms with Crippen LogP contribution in [0.3, 0.4) is 0 Å². The maximum atomic E-state index is 11.4. The van der Waals surface area contributed by atoms with Crippen LogP contribution in [0.4, 0.5) is 5.13 Å². The van der Waals surface area contributed by atoms with Gasteiger partial charge in [-0.3, -0.25) is 4.79 Å². The zero-order valence-corrected chi connectivity index (χ0v) is 10.2. The van der Waals surface area contributed by atoms with Crippen LogP contribution in [0.5, 0.6) is 0 Å². The van der Waals surface area contributed by atoms with Crippen LogP contribution in [-0.4, -0.2) is 17.4 Å². The minimum Gasteiger partial charge on any atom is -0.330 e. The van der Waals surface area contributed by atoms with Crippen molar-refractivity contribution in [1.29, 1.82) is 0 Å². The average molecular weight is 278 g/mol. The minimum atomic E-state index is -0.0372. The number of nitrogens with two attached hydrogens (primary N) is 1. The summed E-state index contributed by atoms with van der Waals surface area (Å²) in [6.07, 6.45) is 2.10. The Balaban J connectivity index is 2.41. The first kappa shape index (κ1) is 11.6. The number of nitrogens with zero attached hydrogens (tertiary/aromatic N) is 1. The van der Waals surface area contributed by atoms with E-state index in [9.17, 15) is 4.79 Å². The lowest BCUT2D eigenvalue weighted by Gasteiger charge is -2.06. The number of anilines is 1. The largest absolute Gasteiger partial charge is 0.330 e. The summed E-state index contributed by atoms with van der Waals surface area (Å²) >= 11 is 4.66. The van der Waals surface area contributed by atoms with Gasteiger partial charge < -0.3 is 11.1 Å². The van der Waals surface area contributed by atoms with Gasteiger partial charge in [-0.15, -0.1) is 0 Å². The number of hydrogen-bond acceptors (Lipinski definition) is 4. The predicted molar refractivity (Wildman–Crippen MR) is 61.3 cm³/mol. The number of amides is 1. The number of halogens is 1. The highest BCUT2D eigenvalue weighted by molar-refractivity contribution is 9.11. The minimum absolute atomic E-state index is 0.0372. The molecule has 0 fully saturated rings. The molecule has 0 bridgehead atoms. The van der Waals surface area contributed by atoms with Gasteiger partial charge in [0.05, 0.1) is 9.98 Å². The normalized spacial score (nSPS) is 12.5. The fourth-order valence-electron chi connectivity index (χ4n) is 0.882. The maximum absolute atomic E-state index is 11.4. The van der Waals surface area contributed by atoms with Crippen LogP contribution in [0.25, 0.3) is 0 Å². The summed E-state index contributed by atoms with van der Waals surface area (Å²) in [7, 11) is 0. The summed E-state index contributed by atoms with van der Waals surface area (Å²) in [5.74, 6) is 0.170. The van der Waals surface area contributed by atoms with E-state index in [0.29, 0.717) is 18.1 Å². The smallest absolute Gasteiger partial charge is 0.226 e. The lowest BCUT2D eigenvalue weighted by molar-refractivity contribution is -0.116. The third-order valence-corrected chi connectivity index (χ3v) is 3.05. The number of nitrogens with one attached hydrogen (secondary N) is 1. The molecule has 1 aromatic rings. The van der Waals surface area contributed by atoms with Gasteiger partial charge in [0.1, 0.15) is 0 Å². The van der Waals surface area contributed by atoms with Crippen molar-refractivity contribution < 1.29 is 4.79 Å². The first-order chi connectivity index (χ1) is 6.61. The van der Waals surface area contributed by atoms with Crippen LogP contribution in [0.2, 0.25) is 0 Å². The Labute approximate surface area is 95.0 Å². The molecule has 1 amide bonds. The number of carbonyl (C=O) groups excluding carboxylic acids is 1. The zero-order valence-electron chi connectivity index (χ0n) is 7.79. The predicted octanol–water partition coefficient (Wildman–Crippen LogP) is 1.83. The molecule has 78 valence electrons. The van der Waals surface area contributed by atoms with Crippen molar-refractivity contribution in [3.05, 3.63) is 9.98 Å². The number of hydrogen-bond donors (Lipinski definition) is 2. The van der Waals surface area contributed by atoms with Gasteiger partial charge in [0.2, 0.25) is 5.91 Å². The van der Waals surface area contributed by atoms with E-state index < -0.39 is 0 Å². The van der Waals surface area contributed by atoms with Crippen molar-refractivity contribution >= 4 is 38.3 Å². The van der Waals surface area contributed by atoms with Gasteiger partial charge in [0.15, 0.2) is 5.13 Å². The van der Waals surface area contributed by atoms with Crippen molar-refractivity contribution in [2.75, 3.05) is 11.9 Å². The van der Waals surface area contributed by atoms with Crippen LogP contribution in [0, 0.1) is 5.92 Å². The van der Waals surface area contributed by atoms with Crippen molar-refractivity contribution in [3.8, 4) is 0 Å². The average Bonchev–Trinajstić information content (AvgIpc) is 2.50. The fraction of sp³-hybridized carbons (Fsp3) is 0.500. The lowest BCUT2D eigenvalue weighted by atomic mass is 10.1. The third-order valence-electron chi connectivity index (χ3n) is 1.66. The third kappa shape index (κ3) is 3.73. The Morgan fingerprint density at radius 3 is 3.07 bits per heavy atom. The molecule has 1 atom stereocenters. The van der Waals surface area contributed by atoms with Crippen LogP contribution in [0.15, 0.2) is 9.98 Å². The molecule has 1 aromatic heterocycles. The molecule has 1 unspecified atom stereocenters. The quantitative estimate of drug-likeness (QED) is 0.882. The fourth-order valence-corrected chi connectivity index (χ4v) is 2.01. The monoisotopic (exact) mass is 277 g/mol. The molecule has 0 aliphatic carbocycles. The first-order valence-corrected chi connectivity index (χ1v) is 5.84. The molecular formula is C8H12BrN3OS. The molecule has 6 heteroatoms. The molecule has 0 aliphatic rings. The summed E-state index contributed by atoms with van der Waals surface area (Å²) in [6.45, 7) is 2.46. The summed E-state index contributed by atoms with van der Waals surface area (Å²) in [5, 5.41) is 3.33. The molecule has 0 spiro atoms. The SMILES string of the molecule is CC(CN)CC(=O)Nc1ncc(Br)s1. The molecule has 0 radical (unpaired) electrons. The first-order valence-electron chi connectivity index (χ1n) is 4.23. The second-order valence-electron chi connectivity index (χ2n) is 3.06. The molecule has 0 aromatic carbocycles. The van der Waals surface area contributed by atoms with E-state index in [4.69, 9.17) is 5.73 Å². The lowest BCUT2D eigenvalue weighted by Crippen LogP contribution is -2.19. The summed E-state index contributed by atoms with van der Waals surface area (Å²) in [5.41, 5.74) is 5.42. The van der Waals surface area contributed by atoms with E-state index in [2.05, 4.69) is 26.2 Å². The van der Waals surface area contributed by atoms with Crippen molar-refractivity contribution in [1.82, 2.24) is 4.98 Å². The van der Waals surface area contributed by atoms with Gasteiger partial charge in [-0.2, -0.15) is 0 Å². The van der Waals surface area contributed by atoms with E-state index >= 15 is 0 Å². The summed E-state index contributed by atoms with van der Waals surface area (Å²) in [4.78, 5) is 15.4. The summed E-state index contributed by atoms with van der Waals surface area (Å²) < 4.78 is 0.902. The van der Waals surface area contributed by atoms with Gasteiger partial charge in [-0.25, -0.2) is 4.98 Å². The molecular weight excluding hydrogens is 266 g/mol. The molecule has 14 heavy (non-hydrogen) atoms. The molecule has 4 nitrogen and oxygen atoms in total. The van der Waals surface area contributed by atoms with Crippen LogP contribution < -0.4 is 11.1 Å². The molecule has 3 N–H and O–H groups in total. The van der Waals surface area contributed by atoms with Gasteiger partial charge in [-0.1, -0.05) is 18.3 Å². The van der Waals surface area contributed by atoms with Crippen molar-refractivity contribution in [3.63, 3.8) is 0 Å². The zero-order chi connectivity index (χ0) is 10.6. The number of thiazole rings is 1. The highest BCUT2D eigenvalue weighted by Crippen LogP contribution is 2.23. The molecule has 0 saturated carbocycles. The standard InChI is InChI=1S/C8H12BrN3OS/c1-5(3-10)2-7(13)12-8-11-4-6(9)14-8/h4-5H,2-3,10H2,1H3,(H,11,12,13). The van der Waals surface area contributed by atoms with Crippen LogP contribution >= 0.6 is 27.3 Å². The molecule has 0 aliphatic heterocycles. The van der Waals surface area contributed by atoms with Gasteiger partial charge in [-0.05, 0) is 28.4 Å². The second-order valence-corrected chi connectivity index (χ2v) is 5.47. The van der Waals surface area contributed by atoms with E-state index in [1.54, 1.807) is 6.20 Å². The second kappa shape index (κ2) is 5.43. The number of aromatic nitrogens is 1. The molecule has 1 heterocycles. The van der Waals surface area contributed by atoms with Gasteiger partial charge in [0.25, 0.3) is 0 Å². The molecule has 0 saturated heterocycles. The Bertz CT molecular complexity index is 315. The highest BCUT2D eigenvalue weighted by atomic mass is 79.9. The maximum Gasteiger partial charge on any atom is 0.226 e. The Kier molecular flexibility index (Phi) is 4.50. The highest BCUT2D eigenvalue weighted by Gasteiger charge is 2.09. The van der Waals surface area contributed by atoms with Crippen molar-refractivity contribution in [2.45, 2.75) is 13.3 Å². The number of rotatable bonds is 4.